The molecule has 0 fully saturated rings. The fourth-order valence-electron chi connectivity index (χ4n) is 3.90. The van der Waals surface area contributed by atoms with Gasteiger partial charge in [-0.1, -0.05) is 12.1 Å². The van der Waals surface area contributed by atoms with Crippen LogP contribution in [0, 0.1) is 13.8 Å². The van der Waals surface area contributed by atoms with E-state index in [1.54, 1.807) is 50.2 Å². The van der Waals surface area contributed by atoms with Gasteiger partial charge < -0.3 is 23.2 Å². The predicted octanol–water partition coefficient (Wildman–Crippen LogP) is 5.36. The number of hydrogen-bond donors (Lipinski definition) is 1. The minimum absolute atomic E-state index is 0.111. The number of aromatic nitrogens is 1. The zero-order valence-corrected chi connectivity index (χ0v) is 22.3. The maximum atomic E-state index is 12.4. The number of ether oxygens (including phenoxy) is 3. The molecule has 4 aromatic rings. The average Bonchev–Trinajstić information content (AvgIpc) is 3.54. The van der Waals surface area contributed by atoms with E-state index in [2.05, 4.69) is 41.1 Å². The van der Waals surface area contributed by atoms with Crippen LogP contribution in [0.5, 0.6) is 11.5 Å². The molecule has 1 amide bonds. The molecular formula is C30H31N3O6. The van der Waals surface area contributed by atoms with Crippen LogP contribution in [0.2, 0.25) is 0 Å². The third-order valence-corrected chi connectivity index (χ3v) is 5.80. The summed E-state index contributed by atoms with van der Waals surface area (Å²) in [5, 5.41) is 3.98. The molecule has 2 aromatic heterocycles. The van der Waals surface area contributed by atoms with E-state index in [0.29, 0.717) is 22.8 Å². The number of hydrazone groups is 1. The van der Waals surface area contributed by atoms with E-state index in [-0.39, 0.29) is 19.0 Å². The molecule has 0 spiro atoms. The van der Waals surface area contributed by atoms with Crippen molar-refractivity contribution in [3.05, 3.63) is 101 Å². The number of carbonyl (C=O) groups is 2. The van der Waals surface area contributed by atoms with Crippen LogP contribution in [0.1, 0.15) is 47.1 Å². The van der Waals surface area contributed by atoms with Gasteiger partial charge in [0.1, 0.15) is 23.9 Å². The predicted molar refractivity (Wildman–Crippen MR) is 147 cm³/mol. The Hall–Kier alpha value is -4.79. The quantitative estimate of drug-likeness (QED) is 0.159. The zero-order valence-electron chi connectivity index (χ0n) is 22.3. The van der Waals surface area contributed by atoms with Crippen LogP contribution in [0.3, 0.4) is 0 Å². The zero-order chi connectivity index (χ0) is 27.8. The van der Waals surface area contributed by atoms with Gasteiger partial charge >= 0.3 is 11.9 Å². The number of nitrogens with one attached hydrogen (secondary N) is 1. The highest BCUT2D eigenvalue weighted by molar-refractivity contribution is 5.92. The molecule has 0 radical (unpaired) electrons. The molecule has 2 heterocycles. The van der Waals surface area contributed by atoms with E-state index in [9.17, 15) is 9.59 Å². The number of nitrogens with zero attached hydrogens (tertiary/aromatic N) is 2. The normalized spacial score (nSPS) is 11.8. The SMILES string of the molecule is CCOC(=O)[C@@H](C)Oc1cccc(/C=N/NC(=O)c2ccc(COc3ccc(-n4c(C)ccc4C)cc3)o2)c1. The lowest BCUT2D eigenvalue weighted by molar-refractivity contribution is -0.150. The number of carbonyl (C=O) groups excluding carboxylic acids is 2. The lowest BCUT2D eigenvalue weighted by Gasteiger charge is -2.13. The third kappa shape index (κ3) is 7.16. The molecule has 1 atom stereocenters. The second-order valence-corrected chi connectivity index (χ2v) is 8.78. The van der Waals surface area contributed by atoms with Crippen LogP contribution in [0.15, 0.2) is 82.3 Å². The highest BCUT2D eigenvalue weighted by Gasteiger charge is 2.16. The van der Waals surface area contributed by atoms with Crippen molar-refractivity contribution in [3.63, 3.8) is 0 Å². The van der Waals surface area contributed by atoms with Gasteiger partial charge in [-0.25, -0.2) is 10.2 Å². The number of rotatable bonds is 11. The van der Waals surface area contributed by atoms with Crippen LogP contribution < -0.4 is 14.9 Å². The second kappa shape index (κ2) is 12.6. The summed E-state index contributed by atoms with van der Waals surface area (Å²) in [7, 11) is 0. The van der Waals surface area contributed by atoms with Crippen molar-refractivity contribution in [1.82, 2.24) is 9.99 Å². The van der Waals surface area contributed by atoms with Crippen LogP contribution in [0.25, 0.3) is 5.69 Å². The first-order valence-electron chi connectivity index (χ1n) is 12.6. The molecule has 9 nitrogen and oxygen atoms in total. The van der Waals surface area contributed by atoms with Crippen LogP contribution in [-0.2, 0) is 16.1 Å². The molecule has 0 aliphatic rings. The van der Waals surface area contributed by atoms with Gasteiger partial charge in [-0.2, -0.15) is 5.10 Å². The fourth-order valence-corrected chi connectivity index (χ4v) is 3.90. The summed E-state index contributed by atoms with van der Waals surface area (Å²) in [5.41, 5.74) is 6.49. The molecule has 39 heavy (non-hydrogen) atoms. The van der Waals surface area contributed by atoms with Gasteiger partial charge in [-0.05, 0) is 93.9 Å². The summed E-state index contributed by atoms with van der Waals surface area (Å²) >= 11 is 0. The van der Waals surface area contributed by atoms with Crippen LogP contribution in [0.4, 0.5) is 0 Å². The van der Waals surface area contributed by atoms with Crippen molar-refractivity contribution in [2.75, 3.05) is 6.61 Å². The Morgan fingerprint density at radius 1 is 1.00 bits per heavy atom. The number of benzene rings is 2. The Balaban J connectivity index is 1.27. The smallest absolute Gasteiger partial charge is 0.347 e. The second-order valence-electron chi connectivity index (χ2n) is 8.78. The number of aryl methyl sites for hydroxylation is 2. The lowest BCUT2D eigenvalue weighted by atomic mass is 10.2. The van der Waals surface area contributed by atoms with Crippen LogP contribution in [-0.4, -0.2) is 35.4 Å². The molecule has 0 aliphatic heterocycles. The van der Waals surface area contributed by atoms with E-state index in [4.69, 9.17) is 18.6 Å². The summed E-state index contributed by atoms with van der Waals surface area (Å²) < 4.78 is 24.1. The van der Waals surface area contributed by atoms with Gasteiger partial charge in [0.05, 0.1) is 12.8 Å². The minimum atomic E-state index is -0.744. The maximum absolute atomic E-state index is 12.4. The molecule has 0 unspecified atom stereocenters. The summed E-state index contributed by atoms with van der Waals surface area (Å²) in [6, 6.07) is 22.2. The Bertz CT molecular complexity index is 1430. The van der Waals surface area contributed by atoms with E-state index < -0.39 is 18.0 Å². The third-order valence-electron chi connectivity index (χ3n) is 5.80. The van der Waals surface area contributed by atoms with Gasteiger partial charge in [0.25, 0.3) is 0 Å². The number of furan rings is 1. The Morgan fingerprint density at radius 3 is 2.46 bits per heavy atom. The maximum Gasteiger partial charge on any atom is 0.347 e. The topological polar surface area (TPSA) is 104 Å². The van der Waals surface area contributed by atoms with E-state index in [1.807, 2.05) is 24.3 Å². The molecule has 0 aliphatic carbocycles. The highest BCUT2D eigenvalue weighted by Crippen LogP contribution is 2.21. The number of amides is 1. The Kier molecular flexibility index (Phi) is 8.83. The molecule has 202 valence electrons. The first-order valence-corrected chi connectivity index (χ1v) is 12.6. The molecule has 4 rings (SSSR count). The monoisotopic (exact) mass is 529 g/mol. The minimum Gasteiger partial charge on any atom is -0.486 e. The van der Waals surface area contributed by atoms with E-state index in [1.165, 1.54) is 6.21 Å². The molecule has 1 N–H and O–H groups in total. The van der Waals surface area contributed by atoms with Gasteiger partial charge in [0, 0.05) is 17.1 Å². The molecule has 0 saturated heterocycles. The van der Waals surface area contributed by atoms with Crippen molar-refractivity contribution >= 4 is 18.1 Å². The molecule has 0 bridgehead atoms. The Morgan fingerprint density at radius 2 is 1.74 bits per heavy atom. The van der Waals surface area contributed by atoms with Crippen molar-refractivity contribution in [2.45, 2.75) is 40.4 Å². The van der Waals surface area contributed by atoms with Crippen molar-refractivity contribution < 1.29 is 28.2 Å². The largest absolute Gasteiger partial charge is 0.486 e. The van der Waals surface area contributed by atoms with Gasteiger partial charge in [0.2, 0.25) is 0 Å². The van der Waals surface area contributed by atoms with Gasteiger partial charge in [-0.3, -0.25) is 4.79 Å². The van der Waals surface area contributed by atoms with Crippen molar-refractivity contribution in [1.29, 1.82) is 0 Å². The Labute approximate surface area is 227 Å². The number of hydrogen-bond acceptors (Lipinski definition) is 7. The van der Waals surface area contributed by atoms with E-state index >= 15 is 0 Å². The van der Waals surface area contributed by atoms with Gasteiger partial charge in [-0.15, -0.1) is 0 Å². The molecule has 0 saturated carbocycles. The van der Waals surface area contributed by atoms with Gasteiger partial charge in [0.15, 0.2) is 11.9 Å². The lowest BCUT2D eigenvalue weighted by Crippen LogP contribution is -2.26. The molecule has 2 aromatic carbocycles. The van der Waals surface area contributed by atoms with Crippen LogP contribution >= 0.6 is 0 Å². The number of esters is 1. The highest BCUT2D eigenvalue weighted by atomic mass is 16.6. The molecule has 9 heteroatoms. The standard InChI is InChI=1S/C30H31N3O6/c1-5-36-30(35)22(4)38-26-8-6-7-23(17-26)18-31-32-29(34)28-16-15-27(39-28)19-37-25-13-11-24(12-14-25)33-20(2)9-10-21(33)3/h6-18,22H,5,19H2,1-4H3,(H,32,34)/b31-18+/t22-/m1/s1. The summed E-state index contributed by atoms with van der Waals surface area (Å²) in [5.74, 6) is 0.846. The first-order chi connectivity index (χ1) is 18.8. The van der Waals surface area contributed by atoms with Crippen molar-refractivity contribution in [3.8, 4) is 17.2 Å². The molecular weight excluding hydrogens is 498 g/mol. The summed E-state index contributed by atoms with van der Waals surface area (Å²) in [6.45, 7) is 7.94. The average molecular weight is 530 g/mol. The van der Waals surface area contributed by atoms with E-state index in [0.717, 1.165) is 17.1 Å². The fraction of sp³-hybridized carbons (Fsp3) is 0.233. The van der Waals surface area contributed by atoms with Crippen molar-refractivity contribution in [2.24, 2.45) is 5.10 Å². The first kappa shape index (κ1) is 27.3. The summed E-state index contributed by atoms with van der Waals surface area (Å²) in [6.07, 6.45) is 0.722. The summed E-state index contributed by atoms with van der Waals surface area (Å²) in [4.78, 5) is 24.2.